The molecule has 2 unspecified atom stereocenters. The van der Waals surface area contributed by atoms with E-state index in [1.807, 2.05) is 6.08 Å². The molecule has 0 aliphatic heterocycles. The van der Waals surface area contributed by atoms with Gasteiger partial charge in [-0.3, -0.25) is 9.59 Å². The van der Waals surface area contributed by atoms with Crippen molar-refractivity contribution in [2.24, 2.45) is 0 Å². The van der Waals surface area contributed by atoms with E-state index in [2.05, 4.69) is 19.2 Å². The van der Waals surface area contributed by atoms with Crippen LogP contribution in [0.4, 0.5) is 0 Å². The van der Waals surface area contributed by atoms with Gasteiger partial charge in [-0.25, -0.2) is 0 Å². The molecule has 0 aromatic rings. The Balaban J connectivity index is 3.32. The van der Waals surface area contributed by atoms with Crippen LogP contribution in [0.15, 0.2) is 12.2 Å². The Morgan fingerprint density at radius 1 is 0.391 bits per heavy atom. The molecule has 69 heavy (non-hydrogen) atoms. The molecule has 0 aromatic heterocycles. The molecule has 0 spiro atoms. The van der Waals surface area contributed by atoms with Crippen molar-refractivity contribution in [3.05, 3.63) is 12.2 Å². The van der Waals surface area contributed by atoms with E-state index in [4.69, 9.17) is 4.74 Å². The number of ether oxygens (including phenoxy) is 1. The number of allylic oxidation sites excluding steroid dienone is 1. The first-order valence-electron chi connectivity index (χ1n) is 31.5. The molecule has 0 aromatic carbocycles. The van der Waals surface area contributed by atoms with E-state index in [1.165, 1.54) is 289 Å². The summed E-state index contributed by atoms with van der Waals surface area (Å²) in [5.74, 6) is -0.0441. The third kappa shape index (κ3) is 55.8. The number of hydrogen-bond donors (Lipinski definition) is 3. The quantitative estimate of drug-likeness (QED) is 0.0321. The van der Waals surface area contributed by atoms with Gasteiger partial charge in [0.1, 0.15) is 0 Å². The van der Waals surface area contributed by atoms with Crippen LogP contribution in [-0.4, -0.2) is 47.4 Å². The van der Waals surface area contributed by atoms with Crippen molar-refractivity contribution in [1.82, 2.24) is 5.32 Å². The number of aliphatic hydroxyl groups is 2. The molecular weight excluding hydrogens is 851 g/mol. The third-order valence-corrected chi connectivity index (χ3v) is 14.8. The van der Waals surface area contributed by atoms with E-state index in [0.717, 1.165) is 38.5 Å². The second-order valence-electron chi connectivity index (χ2n) is 21.8. The summed E-state index contributed by atoms with van der Waals surface area (Å²) in [6, 6.07) is -0.623. The Morgan fingerprint density at radius 3 is 0.986 bits per heavy atom. The Bertz CT molecular complexity index is 1030. The SMILES string of the molecule is CCCCCCCCCCC/C=C/C(O)C(CO)NC(=O)CCCCCCCCCCCCCCCCCCCCCCCCCCCCCCOC(=O)CCCCCCCCCCCCCCC. The molecule has 2 atom stereocenters. The van der Waals surface area contributed by atoms with E-state index >= 15 is 0 Å². The first kappa shape index (κ1) is 67.6. The first-order valence-corrected chi connectivity index (χ1v) is 31.5. The van der Waals surface area contributed by atoms with Crippen molar-refractivity contribution in [1.29, 1.82) is 0 Å². The zero-order chi connectivity index (χ0) is 50.0. The predicted molar refractivity (Wildman–Crippen MR) is 301 cm³/mol. The van der Waals surface area contributed by atoms with E-state index in [1.54, 1.807) is 6.08 Å². The molecule has 0 rings (SSSR count). The second-order valence-corrected chi connectivity index (χ2v) is 21.8. The van der Waals surface area contributed by atoms with Gasteiger partial charge < -0.3 is 20.3 Å². The van der Waals surface area contributed by atoms with E-state index < -0.39 is 12.1 Å². The topological polar surface area (TPSA) is 95.9 Å². The predicted octanol–water partition coefficient (Wildman–Crippen LogP) is 19.6. The molecule has 3 N–H and O–H groups in total. The lowest BCUT2D eigenvalue weighted by molar-refractivity contribution is -0.143. The molecule has 0 heterocycles. The Labute approximate surface area is 431 Å². The normalized spacial score (nSPS) is 12.6. The minimum Gasteiger partial charge on any atom is -0.466 e. The molecule has 0 bridgehead atoms. The highest BCUT2D eigenvalue weighted by molar-refractivity contribution is 5.76. The fourth-order valence-corrected chi connectivity index (χ4v) is 9.99. The highest BCUT2D eigenvalue weighted by Crippen LogP contribution is 2.18. The Morgan fingerprint density at radius 2 is 0.667 bits per heavy atom. The van der Waals surface area contributed by atoms with Crippen molar-refractivity contribution < 1.29 is 24.5 Å². The molecule has 6 nitrogen and oxygen atoms in total. The van der Waals surface area contributed by atoms with Gasteiger partial charge in [0.05, 0.1) is 25.4 Å². The highest BCUT2D eigenvalue weighted by Gasteiger charge is 2.18. The third-order valence-electron chi connectivity index (χ3n) is 14.8. The van der Waals surface area contributed by atoms with Gasteiger partial charge in [-0.1, -0.05) is 321 Å². The van der Waals surface area contributed by atoms with Crippen LogP contribution in [0.25, 0.3) is 0 Å². The average Bonchev–Trinajstić information content (AvgIpc) is 3.35. The minimum atomic E-state index is -0.839. The lowest BCUT2D eigenvalue weighted by Crippen LogP contribution is -2.45. The van der Waals surface area contributed by atoms with E-state index in [0.29, 0.717) is 19.4 Å². The maximum absolute atomic E-state index is 12.4. The number of nitrogens with one attached hydrogen (secondary N) is 1. The number of carbonyl (C=O) groups excluding carboxylic acids is 2. The van der Waals surface area contributed by atoms with Crippen LogP contribution >= 0.6 is 0 Å². The molecule has 0 saturated heterocycles. The summed E-state index contributed by atoms with van der Waals surface area (Å²) in [7, 11) is 0. The van der Waals surface area contributed by atoms with Gasteiger partial charge in [0, 0.05) is 12.8 Å². The highest BCUT2D eigenvalue weighted by atomic mass is 16.5. The largest absolute Gasteiger partial charge is 0.466 e. The molecule has 1 amide bonds. The zero-order valence-electron chi connectivity index (χ0n) is 46.8. The number of unbranched alkanes of at least 4 members (excludes halogenated alkanes) is 48. The maximum atomic E-state index is 12.4. The van der Waals surface area contributed by atoms with Crippen molar-refractivity contribution in [2.45, 2.75) is 366 Å². The number of amides is 1. The van der Waals surface area contributed by atoms with Crippen molar-refractivity contribution in [3.63, 3.8) is 0 Å². The Hall–Kier alpha value is -1.40. The summed E-state index contributed by atoms with van der Waals surface area (Å²) >= 11 is 0. The summed E-state index contributed by atoms with van der Waals surface area (Å²) in [5, 5.41) is 23.0. The van der Waals surface area contributed by atoms with Gasteiger partial charge in [0.15, 0.2) is 0 Å². The lowest BCUT2D eigenvalue weighted by Gasteiger charge is -2.20. The van der Waals surface area contributed by atoms with Gasteiger partial charge in [-0.2, -0.15) is 0 Å². The molecule has 0 fully saturated rings. The van der Waals surface area contributed by atoms with Crippen LogP contribution in [0.5, 0.6) is 0 Å². The van der Waals surface area contributed by atoms with Gasteiger partial charge in [0.25, 0.3) is 0 Å². The monoisotopic (exact) mass is 974 g/mol. The number of esters is 1. The van der Waals surface area contributed by atoms with Gasteiger partial charge in [-0.15, -0.1) is 0 Å². The van der Waals surface area contributed by atoms with Crippen LogP contribution in [0.1, 0.15) is 354 Å². The van der Waals surface area contributed by atoms with Crippen LogP contribution in [0.2, 0.25) is 0 Å². The first-order chi connectivity index (χ1) is 34.0. The van der Waals surface area contributed by atoms with Crippen molar-refractivity contribution >= 4 is 11.9 Å². The number of aliphatic hydroxyl groups excluding tert-OH is 2. The number of hydrogen-bond acceptors (Lipinski definition) is 5. The second kappa shape index (κ2) is 59.2. The number of carbonyl (C=O) groups is 2. The van der Waals surface area contributed by atoms with Crippen molar-refractivity contribution in [2.75, 3.05) is 13.2 Å². The minimum absolute atomic E-state index is 0.0204. The van der Waals surface area contributed by atoms with Gasteiger partial charge >= 0.3 is 5.97 Å². The van der Waals surface area contributed by atoms with Crippen LogP contribution in [0, 0.1) is 0 Å². The summed E-state index contributed by atoms with van der Waals surface area (Å²) in [6.45, 7) is 4.92. The maximum Gasteiger partial charge on any atom is 0.305 e. The van der Waals surface area contributed by atoms with Crippen molar-refractivity contribution in [3.8, 4) is 0 Å². The average molecular weight is 975 g/mol. The Kier molecular flexibility index (Phi) is 58.0. The summed E-state index contributed by atoms with van der Waals surface area (Å²) in [5.41, 5.74) is 0. The van der Waals surface area contributed by atoms with Crippen LogP contribution < -0.4 is 5.32 Å². The summed E-state index contributed by atoms with van der Waals surface area (Å²) in [6.07, 6.45) is 71.3. The van der Waals surface area contributed by atoms with E-state index in [9.17, 15) is 19.8 Å². The van der Waals surface area contributed by atoms with Gasteiger partial charge in [-0.05, 0) is 32.1 Å². The lowest BCUT2D eigenvalue weighted by atomic mass is 10.0. The molecule has 6 heteroatoms. The van der Waals surface area contributed by atoms with Crippen LogP contribution in [0.3, 0.4) is 0 Å². The molecule has 0 saturated carbocycles. The summed E-state index contributed by atoms with van der Waals surface area (Å²) in [4.78, 5) is 24.5. The summed E-state index contributed by atoms with van der Waals surface area (Å²) < 4.78 is 5.48. The van der Waals surface area contributed by atoms with E-state index in [-0.39, 0.29) is 18.5 Å². The molecule has 410 valence electrons. The molecular formula is C63H123NO5. The number of rotatable bonds is 59. The molecule has 0 radical (unpaired) electrons. The molecule has 0 aliphatic rings. The fourth-order valence-electron chi connectivity index (χ4n) is 9.99. The fraction of sp³-hybridized carbons (Fsp3) is 0.937. The molecule has 0 aliphatic carbocycles. The standard InChI is InChI=1S/C63H123NO5/c1-3-5-7-9-11-13-15-32-37-41-45-49-53-57-63(68)69-58-54-50-46-42-38-34-31-29-27-25-23-21-19-17-16-18-20-22-24-26-28-30-33-36-40-44-48-52-56-62(67)64-60(59-65)61(66)55-51-47-43-39-35-14-12-10-8-6-4-2/h51,55,60-61,65-66H,3-50,52-54,56-59H2,1-2H3,(H,64,67)/b55-51+. The van der Waals surface area contributed by atoms with Gasteiger partial charge in [0.2, 0.25) is 5.91 Å². The zero-order valence-corrected chi connectivity index (χ0v) is 46.8. The smallest absolute Gasteiger partial charge is 0.305 e. The van der Waals surface area contributed by atoms with Crippen LogP contribution in [-0.2, 0) is 14.3 Å².